The van der Waals surface area contributed by atoms with Gasteiger partial charge in [-0.25, -0.2) is 0 Å². The average molecular weight is 201 g/mol. The summed E-state index contributed by atoms with van der Waals surface area (Å²) in [5.74, 6) is 0. The number of nitrogens with one attached hydrogen (secondary N) is 1. The van der Waals surface area contributed by atoms with E-state index in [1.54, 1.807) is 0 Å². The van der Waals surface area contributed by atoms with E-state index in [0.29, 0.717) is 4.87 Å². The van der Waals surface area contributed by atoms with Crippen LogP contribution in [-0.4, -0.2) is 16.7 Å². The van der Waals surface area contributed by atoms with E-state index in [-0.39, 0.29) is 0 Å². The highest BCUT2D eigenvalue weighted by Crippen LogP contribution is 2.38. The molecule has 1 nitrogen and oxygen atoms in total. The van der Waals surface area contributed by atoms with Crippen molar-refractivity contribution in [3.8, 4) is 0 Å². The molecule has 2 heteroatoms. The summed E-state index contributed by atoms with van der Waals surface area (Å²) < 4.78 is 0. The Kier molecular flexibility index (Phi) is 4.60. The molecule has 1 N–H and O–H groups in total. The summed E-state index contributed by atoms with van der Waals surface area (Å²) in [5.41, 5.74) is 0. The molecule has 0 spiro atoms. The van der Waals surface area contributed by atoms with Crippen LogP contribution in [0.1, 0.15) is 52.9 Å². The summed E-state index contributed by atoms with van der Waals surface area (Å²) >= 11 is 2.16. The molecule has 0 bridgehead atoms. The van der Waals surface area contributed by atoms with Gasteiger partial charge in [-0.1, -0.05) is 33.6 Å². The Bertz CT molecular complexity index is 149. The molecule has 0 aromatic carbocycles. The molecule has 1 heterocycles. The minimum absolute atomic E-state index is 0.410. The van der Waals surface area contributed by atoms with Gasteiger partial charge in [0.25, 0.3) is 0 Å². The van der Waals surface area contributed by atoms with E-state index in [9.17, 15) is 0 Å². The lowest BCUT2D eigenvalue weighted by Gasteiger charge is -2.40. The van der Waals surface area contributed by atoms with Crippen LogP contribution in [0.25, 0.3) is 0 Å². The van der Waals surface area contributed by atoms with Crippen LogP contribution in [0.5, 0.6) is 0 Å². The Balaban J connectivity index is 2.46. The van der Waals surface area contributed by atoms with Crippen molar-refractivity contribution in [3.63, 3.8) is 0 Å². The third kappa shape index (κ3) is 3.17. The molecule has 0 aromatic heterocycles. The van der Waals surface area contributed by atoms with Crippen LogP contribution in [0.2, 0.25) is 0 Å². The molecule has 1 aliphatic heterocycles. The topological polar surface area (TPSA) is 12.0 Å². The summed E-state index contributed by atoms with van der Waals surface area (Å²) in [5, 5.41) is 4.56. The fourth-order valence-electron chi connectivity index (χ4n) is 1.98. The monoisotopic (exact) mass is 201 g/mol. The molecule has 0 saturated carbocycles. The Labute approximate surface area is 87.1 Å². The second-order valence-electron chi connectivity index (χ2n) is 4.10. The fourth-order valence-corrected chi connectivity index (χ4v) is 3.60. The predicted octanol–water partition coefficient (Wildman–Crippen LogP) is 3.40. The van der Waals surface area contributed by atoms with Crippen molar-refractivity contribution < 1.29 is 0 Å². The molecule has 78 valence electrons. The molecule has 13 heavy (non-hydrogen) atoms. The van der Waals surface area contributed by atoms with Gasteiger partial charge in [-0.2, -0.15) is 0 Å². The third-order valence-electron chi connectivity index (χ3n) is 2.93. The van der Waals surface area contributed by atoms with Gasteiger partial charge in [0.15, 0.2) is 0 Å². The smallest absolute Gasteiger partial charge is 0.0645 e. The minimum Gasteiger partial charge on any atom is -0.303 e. The highest BCUT2D eigenvalue weighted by molar-refractivity contribution is 8.01. The van der Waals surface area contributed by atoms with E-state index in [0.717, 1.165) is 5.25 Å². The highest BCUT2D eigenvalue weighted by atomic mass is 32.2. The molecule has 1 rings (SSSR count). The number of hydrogen-bond acceptors (Lipinski definition) is 2. The molecule has 2 unspecified atom stereocenters. The van der Waals surface area contributed by atoms with Crippen molar-refractivity contribution in [1.29, 1.82) is 0 Å². The predicted molar refractivity (Wildman–Crippen MR) is 62.2 cm³/mol. The van der Waals surface area contributed by atoms with Gasteiger partial charge in [-0.3, -0.25) is 0 Å². The molecule has 1 saturated heterocycles. The number of hydrogen-bond donors (Lipinski definition) is 1. The van der Waals surface area contributed by atoms with Crippen molar-refractivity contribution in [2.75, 3.05) is 6.54 Å². The second kappa shape index (κ2) is 5.26. The number of unbranched alkanes of at least 4 members (excludes halogenated alkanes) is 1. The molecule has 0 amide bonds. The van der Waals surface area contributed by atoms with Crippen molar-refractivity contribution in [2.24, 2.45) is 0 Å². The Morgan fingerprint density at radius 3 is 2.77 bits per heavy atom. The second-order valence-corrected chi connectivity index (χ2v) is 5.92. The van der Waals surface area contributed by atoms with Gasteiger partial charge in [0.1, 0.15) is 0 Å². The molecule has 0 aliphatic carbocycles. The van der Waals surface area contributed by atoms with Crippen LogP contribution in [0.3, 0.4) is 0 Å². The fraction of sp³-hybridized carbons (Fsp3) is 1.00. The first-order valence-corrected chi connectivity index (χ1v) is 6.53. The average Bonchev–Trinajstić information content (AvgIpc) is 2.15. The Morgan fingerprint density at radius 1 is 1.46 bits per heavy atom. The lowest BCUT2D eigenvalue weighted by Crippen LogP contribution is -2.47. The number of rotatable bonds is 4. The SMILES string of the molecule is CCCCC1(CC)NCCC(C)S1. The maximum Gasteiger partial charge on any atom is 0.0645 e. The molecule has 2 atom stereocenters. The standard InChI is InChI=1S/C11H23NS/c1-4-6-8-11(5-2)12-9-7-10(3)13-11/h10,12H,4-9H2,1-3H3. The van der Waals surface area contributed by atoms with Crippen LogP contribution < -0.4 is 5.32 Å². The maximum atomic E-state index is 3.71. The van der Waals surface area contributed by atoms with Crippen LogP contribution in [0.15, 0.2) is 0 Å². The summed E-state index contributed by atoms with van der Waals surface area (Å²) in [6.45, 7) is 8.17. The first-order valence-electron chi connectivity index (χ1n) is 5.65. The Morgan fingerprint density at radius 2 is 2.23 bits per heavy atom. The zero-order valence-corrected chi connectivity index (χ0v) is 10.0. The van der Waals surface area contributed by atoms with Crippen molar-refractivity contribution in [3.05, 3.63) is 0 Å². The molecular weight excluding hydrogens is 178 g/mol. The lowest BCUT2D eigenvalue weighted by molar-refractivity contribution is 0.391. The molecule has 1 aliphatic rings. The van der Waals surface area contributed by atoms with Crippen LogP contribution in [0.4, 0.5) is 0 Å². The lowest BCUT2D eigenvalue weighted by atomic mass is 10.1. The normalized spacial score (nSPS) is 34.8. The zero-order valence-electron chi connectivity index (χ0n) is 9.23. The molecule has 0 aromatic rings. The molecule has 0 radical (unpaired) electrons. The van der Waals surface area contributed by atoms with E-state index >= 15 is 0 Å². The summed E-state index contributed by atoms with van der Waals surface area (Å²) in [6.07, 6.45) is 6.62. The molecular formula is C11H23NS. The van der Waals surface area contributed by atoms with E-state index in [1.165, 1.54) is 38.6 Å². The first kappa shape index (κ1) is 11.4. The van der Waals surface area contributed by atoms with Gasteiger partial charge in [0.05, 0.1) is 4.87 Å². The van der Waals surface area contributed by atoms with Gasteiger partial charge >= 0.3 is 0 Å². The summed E-state index contributed by atoms with van der Waals surface area (Å²) in [4.78, 5) is 0.410. The zero-order chi connectivity index (χ0) is 9.73. The van der Waals surface area contributed by atoms with Gasteiger partial charge in [-0.05, 0) is 25.8 Å². The van der Waals surface area contributed by atoms with Gasteiger partial charge < -0.3 is 5.32 Å². The van der Waals surface area contributed by atoms with Gasteiger partial charge in [-0.15, -0.1) is 11.8 Å². The summed E-state index contributed by atoms with van der Waals surface area (Å²) in [7, 11) is 0. The number of thioether (sulfide) groups is 1. The van der Waals surface area contributed by atoms with Crippen molar-refractivity contribution in [1.82, 2.24) is 5.32 Å². The summed E-state index contributed by atoms with van der Waals surface area (Å²) in [6, 6.07) is 0. The largest absolute Gasteiger partial charge is 0.303 e. The van der Waals surface area contributed by atoms with Crippen LogP contribution in [0, 0.1) is 0 Å². The van der Waals surface area contributed by atoms with Crippen molar-refractivity contribution in [2.45, 2.75) is 63.0 Å². The molecule has 1 fully saturated rings. The van der Waals surface area contributed by atoms with Crippen LogP contribution >= 0.6 is 11.8 Å². The van der Waals surface area contributed by atoms with Gasteiger partial charge in [0, 0.05) is 5.25 Å². The van der Waals surface area contributed by atoms with Crippen molar-refractivity contribution >= 4 is 11.8 Å². The van der Waals surface area contributed by atoms with Crippen LogP contribution in [-0.2, 0) is 0 Å². The minimum atomic E-state index is 0.410. The highest BCUT2D eigenvalue weighted by Gasteiger charge is 2.32. The first-order chi connectivity index (χ1) is 6.22. The van der Waals surface area contributed by atoms with E-state index in [2.05, 4.69) is 37.8 Å². The van der Waals surface area contributed by atoms with E-state index in [4.69, 9.17) is 0 Å². The quantitative estimate of drug-likeness (QED) is 0.748. The van der Waals surface area contributed by atoms with Gasteiger partial charge in [0.2, 0.25) is 0 Å². The maximum absolute atomic E-state index is 3.71. The van der Waals surface area contributed by atoms with E-state index in [1.807, 2.05) is 0 Å². The third-order valence-corrected chi connectivity index (χ3v) is 4.66. The Hall–Kier alpha value is 0.310. The van der Waals surface area contributed by atoms with E-state index < -0.39 is 0 Å².